The highest BCUT2D eigenvalue weighted by molar-refractivity contribution is 7.19. The van der Waals surface area contributed by atoms with Crippen molar-refractivity contribution in [3.05, 3.63) is 34.2 Å². The standard InChI is InChI=1S/C9H6Cl2FN3S/c10-5-1-4(2-6(11)8(5)12)15-9-14-3-7(13)16-9/h1-3H,13H2,(H,14,15). The SMILES string of the molecule is Nc1cnc(Nc2cc(Cl)c(F)c(Cl)c2)s1. The number of rotatable bonds is 2. The number of halogens is 3. The molecule has 0 radical (unpaired) electrons. The van der Waals surface area contributed by atoms with Gasteiger partial charge in [0.05, 0.1) is 16.2 Å². The molecule has 7 heteroatoms. The Morgan fingerprint density at radius 1 is 1.31 bits per heavy atom. The molecule has 0 spiro atoms. The summed E-state index contributed by atoms with van der Waals surface area (Å²) in [6, 6.07) is 2.86. The van der Waals surface area contributed by atoms with Crippen LogP contribution in [-0.4, -0.2) is 4.98 Å². The Hall–Kier alpha value is -1.04. The zero-order valence-corrected chi connectivity index (χ0v) is 10.1. The molecular formula is C9H6Cl2FN3S. The third-order valence-corrected chi connectivity index (χ3v) is 3.05. The number of nitrogen functional groups attached to an aromatic ring is 1. The van der Waals surface area contributed by atoms with Crippen molar-refractivity contribution >= 4 is 50.4 Å². The molecule has 0 aliphatic carbocycles. The van der Waals surface area contributed by atoms with E-state index >= 15 is 0 Å². The van der Waals surface area contributed by atoms with Crippen LogP contribution in [0.3, 0.4) is 0 Å². The lowest BCUT2D eigenvalue weighted by Gasteiger charge is -2.04. The van der Waals surface area contributed by atoms with Gasteiger partial charge < -0.3 is 11.1 Å². The Morgan fingerprint density at radius 3 is 2.44 bits per heavy atom. The quantitative estimate of drug-likeness (QED) is 0.819. The van der Waals surface area contributed by atoms with E-state index in [-0.39, 0.29) is 10.0 Å². The van der Waals surface area contributed by atoms with Crippen LogP contribution in [-0.2, 0) is 0 Å². The van der Waals surface area contributed by atoms with Crippen molar-refractivity contribution in [2.75, 3.05) is 11.1 Å². The number of nitrogens with one attached hydrogen (secondary N) is 1. The monoisotopic (exact) mass is 277 g/mol. The van der Waals surface area contributed by atoms with Crippen molar-refractivity contribution in [1.29, 1.82) is 0 Å². The minimum Gasteiger partial charge on any atom is -0.389 e. The molecule has 2 rings (SSSR count). The van der Waals surface area contributed by atoms with Gasteiger partial charge in [-0.25, -0.2) is 9.37 Å². The van der Waals surface area contributed by atoms with Crippen LogP contribution in [0.4, 0.5) is 20.2 Å². The lowest BCUT2D eigenvalue weighted by molar-refractivity contribution is 0.629. The van der Waals surface area contributed by atoms with E-state index in [4.69, 9.17) is 28.9 Å². The molecule has 0 saturated carbocycles. The van der Waals surface area contributed by atoms with Crippen LogP contribution in [0.1, 0.15) is 0 Å². The summed E-state index contributed by atoms with van der Waals surface area (Å²) in [5.41, 5.74) is 6.08. The topological polar surface area (TPSA) is 50.9 Å². The smallest absolute Gasteiger partial charge is 0.189 e. The molecule has 3 nitrogen and oxygen atoms in total. The summed E-state index contributed by atoms with van der Waals surface area (Å²) in [5.74, 6) is -0.632. The fraction of sp³-hybridized carbons (Fsp3) is 0. The summed E-state index contributed by atoms with van der Waals surface area (Å²) in [4.78, 5) is 4.00. The molecule has 0 fully saturated rings. The van der Waals surface area contributed by atoms with Crippen LogP contribution in [0.2, 0.25) is 10.0 Å². The second-order valence-electron chi connectivity index (χ2n) is 2.95. The van der Waals surface area contributed by atoms with Crippen LogP contribution in [0.15, 0.2) is 18.3 Å². The third-order valence-electron chi connectivity index (χ3n) is 1.76. The number of aromatic nitrogens is 1. The maximum absolute atomic E-state index is 13.1. The molecule has 0 amide bonds. The van der Waals surface area contributed by atoms with E-state index in [0.29, 0.717) is 15.8 Å². The lowest BCUT2D eigenvalue weighted by Crippen LogP contribution is -1.90. The average molecular weight is 278 g/mol. The largest absolute Gasteiger partial charge is 0.389 e. The highest BCUT2D eigenvalue weighted by Crippen LogP contribution is 2.30. The Morgan fingerprint density at radius 2 is 1.94 bits per heavy atom. The molecular weight excluding hydrogens is 272 g/mol. The number of nitrogens with two attached hydrogens (primary N) is 1. The Labute approximate surface area is 105 Å². The van der Waals surface area contributed by atoms with Crippen molar-refractivity contribution in [1.82, 2.24) is 4.98 Å². The molecule has 1 aromatic heterocycles. The predicted molar refractivity (Wildman–Crippen MR) is 66.2 cm³/mol. The van der Waals surface area contributed by atoms with Gasteiger partial charge in [-0.1, -0.05) is 34.5 Å². The molecule has 1 aromatic carbocycles. The van der Waals surface area contributed by atoms with Gasteiger partial charge in [0.2, 0.25) is 0 Å². The average Bonchev–Trinajstić information content (AvgIpc) is 2.60. The minimum absolute atomic E-state index is 0.0421. The fourth-order valence-electron chi connectivity index (χ4n) is 1.10. The first-order valence-corrected chi connectivity index (χ1v) is 5.76. The van der Waals surface area contributed by atoms with E-state index in [1.54, 1.807) is 0 Å². The fourth-order valence-corrected chi connectivity index (χ4v) is 2.19. The van der Waals surface area contributed by atoms with E-state index in [2.05, 4.69) is 10.3 Å². The maximum atomic E-state index is 13.1. The number of anilines is 3. The first-order chi connectivity index (χ1) is 7.56. The van der Waals surface area contributed by atoms with E-state index < -0.39 is 5.82 Å². The highest BCUT2D eigenvalue weighted by Gasteiger charge is 2.08. The molecule has 0 saturated heterocycles. The van der Waals surface area contributed by atoms with Gasteiger partial charge in [0, 0.05) is 5.69 Å². The van der Waals surface area contributed by atoms with Crippen molar-refractivity contribution in [2.24, 2.45) is 0 Å². The zero-order chi connectivity index (χ0) is 11.7. The van der Waals surface area contributed by atoms with E-state index in [1.807, 2.05) is 0 Å². The Kier molecular flexibility index (Phi) is 3.18. The molecule has 0 unspecified atom stereocenters. The normalized spacial score (nSPS) is 10.4. The summed E-state index contributed by atoms with van der Waals surface area (Å²) in [6.07, 6.45) is 1.53. The highest BCUT2D eigenvalue weighted by atomic mass is 35.5. The molecule has 3 N–H and O–H groups in total. The molecule has 0 aliphatic rings. The minimum atomic E-state index is -0.632. The van der Waals surface area contributed by atoms with Crippen LogP contribution < -0.4 is 11.1 Å². The number of hydrogen-bond donors (Lipinski definition) is 2. The second kappa shape index (κ2) is 4.45. The third kappa shape index (κ3) is 2.37. The van der Waals surface area contributed by atoms with E-state index in [1.165, 1.54) is 29.7 Å². The number of benzene rings is 1. The molecule has 0 atom stereocenters. The van der Waals surface area contributed by atoms with E-state index in [0.717, 1.165) is 0 Å². The lowest BCUT2D eigenvalue weighted by atomic mass is 10.3. The van der Waals surface area contributed by atoms with Gasteiger partial charge in [0.15, 0.2) is 10.9 Å². The van der Waals surface area contributed by atoms with Gasteiger partial charge in [-0.05, 0) is 12.1 Å². The summed E-state index contributed by atoms with van der Waals surface area (Å²) in [7, 11) is 0. The predicted octanol–water partition coefficient (Wildman–Crippen LogP) is 3.91. The van der Waals surface area contributed by atoms with Crippen LogP contribution in [0.5, 0.6) is 0 Å². The summed E-state index contributed by atoms with van der Waals surface area (Å²) in [6.45, 7) is 0. The van der Waals surface area contributed by atoms with Gasteiger partial charge in [-0.3, -0.25) is 0 Å². The molecule has 1 heterocycles. The van der Waals surface area contributed by atoms with Crippen molar-refractivity contribution in [2.45, 2.75) is 0 Å². The van der Waals surface area contributed by atoms with Gasteiger partial charge >= 0.3 is 0 Å². The van der Waals surface area contributed by atoms with Crippen molar-refractivity contribution in [3.8, 4) is 0 Å². The van der Waals surface area contributed by atoms with Gasteiger partial charge in [-0.2, -0.15) is 0 Å². The molecule has 84 valence electrons. The zero-order valence-electron chi connectivity index (χ0n) is 7.80. The van der Waals surface area contributed by atoms with Crippen LogP contribution in [0, 0.1) is 5.82 Å². The van der Waals surface area contributed by atoms with Gasteiger partial charge in [0.25, 0.3) is 0 Å². The molecule has 2 aromatic rings. The van der Waals surface area contributed by atoms with Gasteiger partial charge in [0.1, 0.15) is 5.00 Å². The summed E-state index contributed by atoms with van der Waals surface area (Å²) in [5, 5.41) is 4.02. The van der Waals surface area contributed by atoms with Gasteiger partial charge in [-0.15, -0.1) is 0 Å². The first-order valence-electron chi connectivity index (χ1n) is 4.19. The molecule has 0 bridgehead atoms. The first kappa shape index (κ1) is 11.4. The number of nitrogens with zero attached hydrogens (tertiary/aromatic N) is 1. The van der Waals surface area contributed by atoms with Crippen molar-refractivity contribution in [3.63, 3.8) is 0 Å². The number of hydrogen-bond acceptors (Lipinski definition) is 4. The summed E-state index contributed by atoms with van der Waals surface area (Å²) < 4.78 is 13.1. The number of thiazole rings is 1. The van der Waals surface area contributed by atoms with Crippen molar-refractivity contribution < 1.29 is 4.39 Å². The van der Waals surface area contributed by atoms with Crippen LogP contribution in [0.25, 0.3) is 0 Å². The molecule has 16 heavy (non-hydrogen) atoms. The van der Waals surface area contributed by atoms with Crippen LogP contribution >= 0.6 is 34.5 Å². The Balaban J connectivity index is 2.28. The maximum Gasteiger partial charge on any atom is 0.189 e. The Bertz CT molecular complexity index is 506. The second-order valence-corrected chi connectivity index (χ2v) is 4.82. The van der Waals surface area contributed by atoms with E-state index in [9.17, 15) is 4.39 Å². The molecule has 0 aliphatic heterocycles. The summed E-state index contributed by atoms with van der Waals surface area (Å²) >= 11 is 12.6.